The van der Waals surface area contributed by atoms with E-state index >= 15 is 0 Å². The Hall–Kier alpha value is -0.650. The second-order valence-corrected chi connectivity index (χ2v) is 2.27. The molecule has 0 N–H and O–H groups in total. The minimum atomic E-state index is -0.0594. The van der Waals surface area contributed by atoms with Crippen LogP contribution in [0.15, 0.2) is 22.4 Å². The van der Waals surface area contributed by atoms with Crippen LogP contribution < -0.4 is 0 Å². The lowest BCUT2D eigenvalue weighted by Crippen LogP contribution is -1.73. The summed E-state index contributed by atoms with van der Waals surface area (Å²) in [4.78, 5) is 0. The molecule has 0 saturated heterocycles. The van der Waals surface area contributed by atoms with Crippen molar-refractivity contribution in [3.05, 3.63) is 22.4 Å². The maximum absolute atomic E-state index is 8.34. The van der Waals surface area contributed by atoms with E-state index in [1.807, 2.05) is 0 Å². The first-order chi connectivity index (χ1) is 4.72. The maximum Gasteiger partial charge on any atom is 0.124 e. The van der Waals surface area contributed by atoms with Crippen molar-refractivity contribution in [1.82, 2.24) is 0 Å². The fourth-order valence-corrected chi connectivity index (χ4v) is 0.489. The van der Waals surface area contributed by atoms with Gasteiger partial charge in [0.05, 0.1) is 18.9 Å². The first-order valence-corrected chi connectivity index (χ1v) is 3.12. The molecule has 0 bridgehead atoms. The Bertz CT molecular complexity index is 198. The van der Waals surface area contributed by atoms with Crippen molar-refractivity contribution >= 4 is 23.2 Å². The van der Waals surface area contributed by atoms with E-state index in [1.54, 1.807) is 6.07 Å². The Kier molecular flexibility index (Phi) is 4.82. The standard InChI is InChI=1S/C6H5Cl2NO/c1-10-3-2-5(4-9)6(7)8/h2-3H,1H3. The Morgan fingerprint density at radius 3 is 2.50 bits per heavy atom. The number of halogens is 2. The van der Waals surface area contributed by atoms with Crippen molar-refractivity contribution in [2.75, 3.05) is 7.11 Å². The quantitative estimate of drug-likeness (QED) is 0.369. The van der Waals surface area contributed by atoms with Crippen molar-refractivity contribution in [1.29, 1.82) is 5.26 Å². The number of rotatable bonds is 2. The van der Waals surface area contributed by atoms with Crippen LogP contribution in [0.3, 0.4) is 0 Å². The third-order valence-electron chi connectivity index (χ3n) is 0.695. The number of hydrogen-bond donors (Lipinski definition) is 0. The van der Waals surface area contributed by atoms with Gasteiger partial charge in [-0.25, -0.2) is 0 Å². The van der Waals surface area contributed by atoms with Gasteiger partial charge in [-0.2, -0.15) is 5.26 Å². The predicted octanol–water partition coefficient (Wildman–Crippen LogP) is 2.36. The minimum Gasteiger partial charge on any atom is -0.504 e. The number of hydrogen-bond acceptors (Lipinski definition) is 2. The smallest absolute Gasteiger partial charge is 0.124 e. The molecule has 0 aromatic rings. The van der Waals surface area contributed by atoms with Crippen molar-refractivity contribution in [2.24, 2.45) is 0 Å². The van der Waals surface area contributed by atoms with Gasteiger partial charge in [0.15, 0.2) is 0 Å². The van der Waals surface area contributed by atoms with Crippen LogP contribution in [0.1, 0.15) is 0 Å². The number of ether oxygens (including phenoxy) is 1. The van der Waals surface area contributed by atoms with Crippen molar-refractivity contribution in [3.63, 3.8) is 0 Å². The Balaban J connectivity index is 4.29. The first-order valence-electron chi connectivity index (χ1n) is 2.37. The molecule has 0 heterocycles. The van der Waals surface area contributed by atoms with Gasteiger partial charge in [0.1, 0.15) is 10.6 Å². The molecule has 0 aromatic heterocycles. The molecular weight excluding hydrogens is 173 g/mol. The van der Waals surface area contributed by atoms with Gasteiger partial charge in [-0.1, -0.05) is 23.2 Å². The topological polar surface area (TPSA) is 33.0 Å². The third-order valence-corrected chi connectivity index (χ3v) is 1.10. The third kappa shape index (κ3) is 3.39. The Morgan fingerprint density at radius 1 is 1.60 bits per heavy atom. The molecule has 0 saturated carbocycles. The van der Waals surface area contributed by atoms with Crippen LogP contribution in [0.2, 0.25) is 0 Å². The second kappa shape index (κ2) is 5.16. The zero-order chi connectivity index (χ0) is 7.98. The molecule has 4 heteroatoms. The van der Waals surface area contributed by atoms with Crippen LogP contribution >= 0.6 is 23.2 Å². The zero-order valence-electron chi connectivity index (χ0n) is 5.27. The van der Waals surface area contributed by atoms with Crippen LogP contribution in [0, 0.1) is 11.3 Å². The number of allylic oxidation sites excluding steroid dienone is 2. The molecule has 0 radical (unpaired) electrons. The van der Waals surface area contributed by atoms with Crippen LogP contribution in [-0.2, 0) is 4.74 Å². The summed E-state index contributed by atoms with van der Waals surface area (Å²) in [5.41, 5.74) is 0.185. The van der Waals surface area contributed by atoms with Gasteiger partial charge in [0, 0.05) is 0 Å². The van der Waals surface area contributed by atoms with E-state index in [4.69, 9.17) is 28.5 Å². The monoisotopic (exact) mass is 177 g/mol. The first kappa shape index (κ1) is 9.35. The van der Waals surface area contributed by atoms with Crippen LogP contribution in [0.25, 0.3) is 0 Å². The molecule has 54 valence electrons. The zero-order valence-corrected chi connectivity index (χ0v) is 6.78. The van der Waals surface area contributed by atoms with Gasteiger partial charge in [-0.15, -0.1) is 0 Å². The molecule has 0 rings (SSSR count). The lowest BCUT2D eigenvalue weighted by Gasteiger charge is -1.87. The van der Waals surface area contributed by atoms with E-state index in [0.717, 1.165) is 0 Å². The van der Waals surface area contributed by atoms with Gasteiger partial charge < -0.3 is 4.74 Å². The molecule has 0 aliphatic rings. The fraction of sp³-hybridized carbons (Fsp3) is 0.167. The van der Waals surface area contributed by atoms with E-state index in [2.05, 4.69) is 4.74 Å². The van der Waals surface area contributed by atoms with Crippen LogP contribution in [0.5, 0.6) is 0 Å². The normalized spacial score (nSPS) is 9.00. The van der Waals surface area contributed by atoms with Gasteiger partial charge in [-0.05, 0) is 6.08 Å². The van der Waals surface area contributed by atoms with E-state index in [-0.39, 0.29) is 10.1 Å². The second-order valence-electron chi connectivity index (χ2n) is 1.32. The molecule has 0 atom stereocenters. The lowest BCUT2D eigenvalue weighted by molar-refractivity contribution is 0.338. The van der Waals surface area contributed by atoms with Crippen molar-refractivity contribution < 1.29 is 4.74 Å². The summed E-state index contributed by atoms with van der Waals surface area (Å²) >= 11 is 10.6. The molecule has 0 aromatic carbocycles. The molecule has 0 fully saturated rings. The summed E-state index contributed by atoms with van der Waals surface area (Å²) < 4.78 is 4.48. The van der Waals surface area contributed by atoms with Crippen molar-refractivity contribution in [3.8, 4) is 6.07 Å². The van der Waals surface area contributed by atoms with Gasteiger partial charge in [-0.3, -0.25) is 0 Å². The summed E-state index contributed by atoms with van der Waals surface area (Å²) in [6, 6.07) is 1.79. The highest BCUT2D eigenvalue weighted by Gasteiger charge is 1.94. The number of nitriles is 1. The summed E-state index contributed by atoms with van der Waals surface area (Å²) in [7, 11) is 1.47. The molecule has 2 nitrogen and oxygen atoms in total. The van der Waals surface area contributed by atoms with E-state index < -0.39 is 0 Å². The highest BCUT2D eigenvalue weighted by atomic mass is 35.5. The maximum atomic E-state index is 8.34. The largest absolute Gasteiger partial charge is 0.504 e. The Labute approximate surface area is 69.3 Å². The highest BCUT2D eigenvalue weighted by molar-refractivity contribution is 6.56. The highest BCUT2D eigenvalue weighted by Crippen LogP contribution is 2.13. The molecule has 0 aliphatic heterocycles. The summed E-state index contributed by atoms with van der Waals surface area (Å²) in [5, 5.41) is 8.34. The molecule has 0 spiro atoms. The van der Waals surface area contributed by atoms with E-state index in [0.29, 0.717) is 0 Å². The summed E-state index contributed by atoms with van der Waals surface area (Å²) in [6.45, 7) is 0. The summed E-state index contributed by atoms with van der Waals surface area (Å²) in [5.74, 6) is 0. The lowest BCUT2D eigenvalue weighted by atomic mass is 10.3. The van der Waals surface area contributed by atoms with E-state index in [1.165, 1.54) is 19.4 Å². The van der Waals surface area contributed by atoms with Crippen molar-refractivity contribution in [2.45, 2.75) is 0 Å². The van der Waals surface area contributed by atoms with Gasteiger partial charge in [0.2, 0.25) is 0 Å². The average molecular weight is 178 g/mol. The average Bonchev–Trinajstić information content (AvgIpc) is 1.89. The Morgan fingerprint density at radius 2 is 2.20 bits per heavy atom. The van der Waals surface area contributed by atoms with E-state index in [9.17, 15) is 0 Å². The number of nitrogens with zero attached hydrogens (tertiary/aromatic N) is 1. The molecule has 0 aliphatic carbocycles. The molecule has 0 amide bonds. The minimum absolute atomic E-state index is 0.0594. The van der Waals surface area contributed by atoms with Gasteiger partial charge >= 0.3 is 0 Å². The number of methoxy groups -OCH3 is 1. The predicted molar refractivity (Wildman–Crippen MR) is 40.5 cm³/mol. The van der Waals surface area contributed by atoms with Crippen LogP contribution in [-0.4, -0.2) is 7.11 Å². The van der Waals surface area contributed by atoms with Crippen LogP contribution in [0.4, 0.5) is 0 Å². The fourth-order valence-electron chi connectivity index (χ4n) is 0.279. The SMILES string of the molecule is COC=CC(C#N)=C(Cl)Cl. The summed E-state index contributed by atoms with van der Waals surface area (Å²) in [6.07, 6.45) is 2.71. The van der Waals surface area contributed by atoms with Gasteiger partial charge in [0.25, 0.3) is 0 Å². The molecular formula is C6H5Cl2NO. The molecule has 0 unspecified atom stereocenters. The molecule has 10 heavy (non-hydrogen) atoms.